The van der Waals surface area contributed by atoms with Crippen LogP contribution < -0.4 is 0 Å². The fraction of sp³-hybridized carbons (Fsp3) is 0.375. The van der Waals surface area contributed by atoms with Crippen molar-refractivity contribution in [1.29, 1.82) is 0 Å². The lowest BCUT2D eigenvalue weighted by atomic mass is 10.2. The van der Waals surface area contributed by atoms with Gasteiger partial charge in [-0.25, -0.2) is 9.37 Å². The topological polar surface area (TPSA) is 47.4 Å². The summed E-state index contributed by atoms with van der Waals surface area (Å²) in [6.07, 6.45) is 4.07. The number of benzene rings is 1. The third-order valence-electron chi connectivity index (χ3n) is 3.84. The molecule has 1 amide bonds. The van der Waals surface area contributed by atoms with Gasteiger partial charge in [0.1, 0.15) is 11.5 Å². The van der Waals surface area contributed by atoms with Crippen LogP contribution in [0, 0.1) is 5.82 Å². The van der Waals surface area contributed by atoms with Gasteiger partial charge in [0.2, 0.25) is 0 Å². The number of morpholine rings is 1. The first-order chi connectivity index (χ1) is 10.7. The summed E-state index contributed by atoms with van der Waals surface area (Å²) in [7, 11) is 0. The maximum atomic E-state index is 13.0. The highest BCUT2D eigenvalue weighted by Gasteiger charge is 2.26. The highest BCUT2D eigenvalue weighted by Crippen LogP contribution is 2.16. The fourth-order valence-electron chi connectivity index (χ4n) is 2.57. The predicted molar refractivity (Wildman–Crippen MR) is 79.5 cm³/mol. The number of amides is 1. The molecule has 1 aromatic carbocycles. The van der Waals surface area contributed by atoms with E-state index < -0.39 is 0 Å². The quantitative estimate of drug-likeness (QED) is 0.874. The van der Waals surface area contributed by atoms with Crippen molar-refractivity contribution in [3.63, 3.8) is 0 Å². The summed E-state index contributed by atoms with van der Waals surface area (Å²) < 4.78 is 20.3. The van der Waals surface area contributed by atoms with Gasteiger partial charge < -0.3 is 9.64 Å². The first-order valence-corrected chi connectivity index (χ1v) is 7.38. The summed E-state index contributed by atoms with van der Waals surface area (Å²) in [6, 6.07) is 5.99. The van der Waals surface area contributed by atoms with Crippen LogP contribution in [0.5, 0.6) is 0 Å². The average Bonchev–Trinajstić information content (AvgIpc) is 3.04. The van der Waals surface area contributed by atoms with Crippen molar-refractivity contribution in [2.24, 2.45) is 0 Å². The van der Waals surface area contributed by atoms with E-state index in [9.17, 15) is 9.18 Å². The van der Waals surface area contributed by atoms with Crippen molar-refractivity contribution in [3.8, 4) is 5.69 Å². The van der Waals surface area contributed by atoms with Gasteiger partial charge in [-0.05, 0) is 30.7 Å². The van der Waals surface area contributed by atoms with Gasteiger partial charge in [-0.15, -0.1) is 0 Å². The zero-order chi connectivity index (χ0) is 15.5. The number of carbonyl (C=O) groups is 1. The monoisotopic (exact) mass is 303 g/mol. The second-order valence-electron chi connectivity index (χ2n) is 5.28. The van der Waals surface area contributed by atoms with E-state index in [0.717, 1.165) is 6.42 Å². The third-order valence-corrected chi connectivity index (χ3v) is 3.84. The van der Waals surface area contributed by atoms with Crippen LogP contribution in [0.15, 0.2) is 36.8 Å². The molecule has 0 aliphatic carbocycles. The number of halogens is 1. The molecule has 1 fully saturated rings. The molecular weight excluding hydrogens is 285 g/mol. The van der Waals surface area contributed by atoms with Crippen molar-refractivity contribution in [2.45, 2.75) is 19.4 Å². The van der Waals surface area contributed by atoms with Crippen LogP contribution in [-0.2, 0) is 4.74 Å². The largest absolute Gasteiger partial charge is 0.375 e. The van der Waals surface area contributed by atoms with Crippen molar-refractivity contribution in [1.82, 2.24) is 14.5 Å². The minimum atomic E-state index is -0.310. The number of hydrogen-bond acceptors (Lipinski definition) is 3. The van der Waals surface area contributed by atoms with E-state index in [0.29, 0.717) is 31.1 Å². The van der Waals surface area contributed by atoms with Gasteiger partial charge in [-0.3, -0.25) is 9.36 Å². The summed E-state index contributed by atoms with van der Waals surface area (Å²) >= 11 is 0. The van der Waals surface area contributed by atoms with Crippen LogP contribution >= 0.6 is 0 Å². The minimum absolute atomic E-state index is 0.0800. The Morgan fingerprint density at radius 3 is 2.91 bits per heavy atom. The van der Waals surface area contributed by atoms with E-state index in [2.05, 4.69) is 4.98 Å². The lowest BCUT2D eigenvalue weighted by Gasteiger charge is -2.32. The number of nitrogens with zero attached hydrogens (tertiary/aromatic N) is 3. The van der Waals surface area contributed by atoms with Crippen molar-refractivity contribution < 1.29 is 13.9 Å². The van der Waals surface area contributed by atoms with Gasteiger partial charge in [0.25, 0.3) is 5.91 Å². The Morgan fingerprint density at radius 2 is 2.18 bits per heavy atom. The Balaban J connectivity index is 1.85. The highest BCUT2D eigenvalue weighted by atomic mass is 19.1. The molecule has 1 aliphatic rings. The number of ether oxygens (including phenoxy) is 1. The predicted octanol–water partition coefficient (Wildman–Crippen LogP) is 2.26. The lowest BCUT2D eigenvalue weighted by molar-refractivity contribution is -0.0228. The second kappa shape index (κ2) is 6.27. The van der Waals surface area contributed by atoms with Crippen molar-refractivity contribution in [2.75, 3.05) is 19.7 Å². The van der Waals surface area contributed by atoms with Crippen LogP contribution in [0.1, 0.15) is 23.8 Å². The first kappa shape index (κ1) is 14.7. The van der Waals surface area contributed by atoms with Crippen LogP contribution in [0.4, 0.5) is 4.39 Å². The van der Waals surface area contributed by atoms with Crippen LogP contribution in [0.2, 0.25) is 0 Å². The number of aromatic nitrogens is 2. The van der Waals surface area contributed by atoms with E-state index in [1.54, 1.807) is 34.1 Å². The minimum Gasteiger partial charge on any atom is -0.375 e. The Bertz CT molecular complexity index is 654. The molecule has 3 rings (SSSR count). The molecule has 1 unspecified atom stereocenters. The standard InChI is InChI=1S/C16H18FN3O2/c1-2-14-10-19(7-8-22-14)16(21)15-9-18-11-20(15)13-5-3-12(17)4-6-13/h3-6,9,11,14H,2,7-8,10H2,1H3. The van der Waals surface area contributed by atoms with Gasteiger partial charge in [0.05, 0.1) is 25.2 Å². The molecule has 22 heavy (non-hydrogen) atoms. The van der Waals surface area contributed by atoms with Gasteiger partial charge in [0.15, 0.2) is 0 Å². The maximum absolute atomic E-state index is 13.0. The van der Waals surface area contributed by atoms with E-state index in [-0.39, 0.29) is 17.8 Å². The summed E-state index contributed by atoms with van der Waals surface area (Å²) in [5, 5.41) is 0. The summed E-state index contributed by atoms with van der Waals surface area (Å²) in [5.74, 6) is -0.390. The van der Waals surface area contributed by atoms with E-state index >= 15 is 0 Å². The SMILES string of the molecule is CCC1CN(C(=O)c2cncn2-c2ccc(F)cc2)CCO1. The maximum Gasteiger partial charge on any atom is 0.272 e. The second-order valence-corrected chi connectivity index (χ2v) is 5.28. The first-order valence-electron chi connectivity index (χ1n) is 7.38. The Hall–Kier alpha value is -2.21. The number of imidazole rings is 1. The summed E-state index contributed by atoms with van der Waals surface area (Å²) in [4.78, 5) is 18.6. The Kier molecular flexibility index (Phi) is 4.20. The highest BCUT2D eigenvalue weighted by molar-refractivity contribution is 5.93. The Morgan fingerprint density at radius 1 is 1.41 bits per heavy atom. The van der Waals surface area contributed by atoms with E-state index in [4.69, 9.17) is 4.74 Å². The smallest absolute Gasteiger partial charge is 0.272 e. The van der Waals surface area contributed by atoms with Gasteiger partial charge >= 0.3 is 0 Å². The molecule has 2 aromatic rings. The van der Waals surface area contributed by atoms with Gasteiger partial charge in [-0.2, -0.15) is 0 Å². The van der Waals surface area contributed by atoms with Crippen LogP contribution in [-0.4, -0.2) is 46.2 Å². The molecule has 2 heterocycles. The molecule has 0 spiro atoms. The number of carbonyl (C=O) groups excluding carboxylic acids is 1. The van der Waals surface area contributed by atoms with Gasteiger partial charge in [-0.1, -0.05) is 6.92 Å². The van der Waals surface area contributed by atoms with Gasteiger partial charge in [0, 0.05) is 18.8 Å². The van der Waals surface area contributed by atoms with Crippen molar-refractivity contribution >= 4 is 5.91 Å². The molecule has 1 aliphatic heterocycles. The molecule has 116 valence electrons. The average molecular weight is 303 g/mol. The van der Waals surface area contributed by atoms with Crippen LogP contribution in [0.25, 0.3) is 5.69 Å². The third kappa shape index (κ3) is 2.87. The normalized spacial score (nSPS) is 18.5. The molecule has 0 radical (unpaired) electrons. The lowest BCUT2D eigenvalue weighted by Crippen LogP contribution is -2.45. The molecule has 6 heteroatoms. The van der Waals surface area contributed by atoms with Crippen molar-refractivity contribution in [3.05, 3.63) is 48.3 Å². The molecule has 1 aromatic heterocycles. The molecule has 0 bridgehead atoms. The number of hydrogen-bond donors (Lipinski definition) is 0. The number of rotatable bonds is 3. The molecule has 5 nitrogen and oxygen atoms in total. The van der Waals surface area contributed by atoms with E-state index in [1.165, 1.54) is 12.1 Å². The molecular formula is C16H18FN3O2. The molecule has 0 saturated carbocycles. The summed E-state index contributed by atoms with van der Waals surface area (Å²) in [6.45, 7) is 3.75. The Labute approximate surface area is 128 Å². The fourth-order valence-corrected chi connectivity index (χ4v) is 2.57. The van der Waals surface area contributed by atoms with Crippen LogP contribution in [0.3, 0.4) is 0 Å². The zero-order valence-corrected chi connectivity index (χ0v) is 12.4. The molecule has 1 saturated heterocycles. The molecule has 0 N–H and O–H groups in total. The zero-order valence-electron chi connectivity index (χ0n) is 12.4. The summed E-state index contributed by atoms with van der Waals surface area (Å²) in [5.41, 5.74) is 1.19. The molecule has 1 atom stereocenters. The van der Waals surface area contributed by atoms with E-state index in [1.807, 2.05) is 6.92 Å².